The van der Waals surface area contributed by atoms with Gasteiger partial charge in [-0.25, -0.2) is 0 Å². The van der Waals surface area contributed by atoms with Crippen molar-refractivity contribution < 1.29 is 4.84 Å². The zero-order chi connectivity index (χ0) is 8.39. The summed E-state index contributed by atoms with van der Waals surface area (Å²) in [5, 5.41) is 0. The molecule has 0 saturated heterocycles. The SMILES string of the molecule is CON1SCCc2ccccc21. The summed E-state index contributed by atoms with van der Waals surface area (Å²) in [5.41, 5.74) is 2.56. The fourth-order valence-electron chi connectivity index (χ4n) is 1.36. The second kappa shape index (κ2) is 3.37. The zero-order valence-corrected chi connectivity index (χ0v) is 7.80. The first-order valence-electron chi connectivity index (χ1n) is 3.97. The van der Waals surface area contributed by atoms with Gasteiger partial charge in [0, 0.05) is 5.75 Å². The molecular weight excluding hydrogens is 170 g/mol. The van der Waals surface area contributed by atoms with Crippen LogP contribution < -0.4 is 4.47 Å². The minimum Gasteiger partial charge on any atom is -0.266 e. The van der Waals surface area contributed by atoms with Gasteiger partial charge in [-0.1, -0.05) is 18.2 Å². The van der Waals surface area contributed by atoms with Crippen molar-refractivity contribution >= 4 is 17.6 Å². The van der Waals surface area contributed by atoms with E-state index in [1.807, 2.05) is 10.5 Å². The standard InChI is InChI=1S/C9H11NOS/c1-11-10-9-5-3-2-4-8(9)6-7-12-10/h2-5H,6-7H2,1H3. The van der Waals surface area contributed by atoms with Crippen LogP contribution in [-0.2, 0) is 11.3 Å². The van der Waals surface area contributed by atoms with E-state index in [2.05, 4.69) is 18.2 Å². The van der Waals surface area contributed by atoms with Crippen LogP contribution in [0.1, 0.15) is 5.56 Å². The van der Waals surface area contributed by atoms with Gasteiger partial charge in [-0.2, -0.15) is 4.47 Å². The molecule has 0 spiro atoms. The Morgan fingerprint density at radius 2 is 2.25 bits per heavy atom. The van der Waals surface area contributed by atoms with Gasteiger partial charge in [0.2, 0.25) is 0 Å². The average molecular weight is 181 g/mol. The first-order chi connectivity index (χ1) is 5.92. The van der Waals surface area contributed by atoms with Crippen molar-refractivity contribution in [1.82, 2.24) is 0 Å². The van der Waals surface area contributed by atoms with Gasteiger partial charge in [0.25, 0.3) is 0 Å². The molecule has 2 nitrogen and oxygen atoms in total. The maximum absolute atomic E-state index is 5.21. The highest BCUT2D eigenvalue weighted by Crippen LogP contribution is 2.32. The molecule has 0 radical (unpaired) electrons. The minimum atomic E-state index is 1.10. The van der Waals surface area contributed by atoms with Gasteiger partial charge in [-0.15, -0.1) is 0 Å². The first kappa shape index (κ1) is 7.95. The Balaban J connectivity index is 2.37. The van der Waals surface area contributed by atoms with E-state index in [0.717, 1.165) is 12.2 Å². The van der Waals surface area contributed by atoms with Crippen LogP contribution in [0.5, 0.6) is 0 Å². The number of hydrogen-bond acceptors (Lipinski definition) is 3. The predicted octanol–water partition coefficient (Wildman–Crippen LogP) is 2.26. The quantitative estimate of drug-likeness (QED) is 0.617. The van der Waals surface area contributed by atoms with E-state index in [0.29, 0.717) is 0 Å². The van der Waals surface area contributed by atoms with E-state index < -0.39 is 0 Å². The van der Waals surface area contributed by atoms with Gasteiger partial charge in [0.05, 0.1) is 12.8 Å². The van der Waals surface area contributed by atoms with Crippen molar-refractivity contribution in [2.24, 2.45) is 0 Å². The second-order valence-corrected chi connectivity index (χ2v) is 3.65. The Morgan fingerprint density at radius 1 is 1.42 bits per heavy atom. The average Bonchev–Trinajstić information content (AvgIpc) is 2.17. The summed E-state index contributed by atoms with van der Waals surface area (Å²) in [7, 11) is 1.70. The molecule has 0 bridgehead atoms. The van der Waals surface area contributed by atoms with Gasteiger partial charge in [-0.05, 0) is 30.0 Å². The maximum Gasteiger partial charge on any atom is 0.0798 e. The Labute approximate surface area is 76.6 Å². The highest BCUT2D eigenvalue weighted by Gasteiger charge is 2.15. The number of hydrogen-bond donors (Lipinski definition) is 0. The van der Waals surface area contributed by atoms with E-state index in [1.165, 1.54) is 11.3 Å². The number of fused-ring (bicyclic) bond motifs is 1. The molecule has 0 amide bonds. The Bertz CT molecular complexity index is 277. The molecule has 0 aromatic heterocycles. The summed E-state index contributed by atoms with van der Waals surface area (Å²) in [4.78, 5) is 5.21. The number of para-hydroxylation sites is 1. The van der Waals surface area contributed by atoms with Crippen molar-refractivity contribution in [3.05, 3.63) is 29.8 Å². The maximum atomic E-state index is 5.21. The number of benzene rings is 1. The smallest absolute Gasteiger partial charge is 0.0798 e. The summed E-state index contributed by atoms with van der Waals surface area (Å²) < 4.78 is 1.87. The van der Waals surface area contributed by atoms with Gasteiger partial charge >= 0.3 is 0 Å². The largest absolute Gasteiger partial charge is 0.266 e. The molecule has 0 fully saturated rings. The van der Waals surface area contributed by atoms with Crippen LogP contribution in [0.25, 0.3) is 0 Å². The summed E-state index contributed by atoms with van der Waals surface area (Å²) in [5.74, 6) is 1.10. The van der Waals surface area contributed by atoms with Gasteiger partial charge < -0.3 is 0 Å². The van der Waals surface area contributed by atoms with Gasteiger partial charge in [0.15, 0.2) is 0 Å². The summed E-state index contributed by atoms with van der Waals surface area (Å²) in [6.45, 7) is 0. The highest BCUT2D eigenvalue weighted by molar-refractivity contribution is 8.00. The second-order valence-electron chi connectivity index (χ2n) is 2.65. The third-order valence-electron chi connectivity index (χ3n) is 1.93. The fourth-order valence-corrected chi connectivity index (χ4v) is 2.26. The van der Waals surface area contributed by atoms with Crippen molar-refractivity contribution in [3.63, 3.8) is 0 Å². The van der Waals surface area contributed by atoms with Crippen LogP contribution in [0.15, 0.2) is 24.3 Å². The number of aryl methyl sites for hydroxylation is 1. The number of rotatable bonds is 1. The molecule has 0 aliphatic carbocycles. The number of nitrogens with zero attached hydrogens (tertiary/aromatic N) is 1. The molecule has 1 aliphatic rings. The lowest BCUT2D eigenvalue weighted by atomic mass is 10.1. The van der Waals surface area contributed by atoms with Crippen LogP contribution >= 0.6 is 11.9 Å². The van der Waals surface area contributed by atoms with Crippen LogP contribution in [0.3, 0.4) is 0 Å². The molecule has 0 atom stereocenters. The molecule has 0 unspecified atom stereocenters. The van der Waals surface area contributed by atoms with Crippen LogP contribution in [-0.4, -0.2) is 12.9 Å². The van der Waals surface area contributed by atoms with Crippen LogP contribution in [0.4, 0.5) is 5.69 Å². The molecule has 64 valence electrons. The summed E-state index contributed by atoms with van der Waals surface area (Å²) in [6.07, 6.45) is 1.14. The summed E-state index contributed by atoms with van der Waals surface area (Å²) in [6, 6.07) is 8.35. The van der Waals surface area contributed by atoms with Crippen LogP contribution in [0.2, 0.25) is 0 Å². The molecule has 0 saturated carbocycles. The van der Waals surface area contributed by atoms with E-state index >= 15 is 0 Å². The molecule has 12 heavy (non-hydrogen) atoms. The van der Waals surface area contributed by atoms with Gasteiger partial charge in [0.1, 0.15) is 0 Å². The lowest BCUT2D eigenvalue weighted by Crippen LogP contribution is -2.19. The monoisotopic (exact) mass is 181 g/mol. The molecule has 0 N–H and O–H groups in total. The van der Waals surface area contributed by atoms with E-state index in [-0.39, 0.29) is 0 Å². The van der Waals surface area contributed by atoms with Gasteiger partial charge in [-0.3, -0.25) is 4.84 Å². The Kier molecular flexibility index (Phi) is 2.23. The molecule has 3 heteroatoms. The van der Waals surface area contributed by atoms with E-state index in [1.54, 1.807) is 19.1 Å². The van der Waals surface area contributed by atoms with Crippen molar-refractivity contribution in [3.8, 4) is 0 Å². The van der Waals surface area contributed by atoms with Crippen molar-refractivity contribution in [1.29, 1.82) is 0 Å². The first-order valence-corrected chi connectivity index (χ1v) is 4.91. The lowest BCUT2D eigenvalue weighted by Gasteiger charge is -2.26. The van der Waals surface area contributed by atoms with Crippen LogP contribution in [0, 0.1) is 0 Å². The van der Waals surface area contributed by atoms with Crippen molar-refractivity contribution in [2.75, 3.05) is 17.3 Å². The zero-order valence-electron chi connectivity index (χ0n) is 6.99. The molecule has 1 aliphatic heterocycles. The summed E-state index contributed by atoms with van der Waals surface area (Å²) >= 11 is 1.72. The lowest BCUT2D eigenvalue weighted by molar-refractivity contribution is 0.224. The normalized spacial score (nSPS) is 15.9. The Morgan fingerprint density at radius 3 is 3.08 bits per heavy atom. The van der Waals surface area contributed by atoms with Crippen molar-refractivity contribution in [2.45, 2.75) is 6.42 Å². The Hall–Kier alpha value is -0.670. The topological polar surface area (TPSA) is 12.5 Å². The molecule has 2 rings (SSSR count). The van der Waals surface area contributed by atoms with E-state index in [9.17, 15) is 0 Å². The third-order valence-corrected chi connectivity index (χ3v) is 2.90. The number of anilines is 1. The fraction of sp³-hybridized carbons (Fsp3) is 0.333. The molecule has 1 aromatic carbocycles. The predicted molar refractivity (Wildman–Crippen MR) is 52.1 cm³/mol. The minimum absolute atomic E-state index is 1.10. The molecule has 1 aromatic rings. The molecular formula is C9H11NOS. The highest BCUT2D eigenvalue weighted by atomic mass is 32.2. The molecule has 1 heterocycles. The third kappa shape index (κ3) is 1.30. The van der Waals surface area contributed by atoms with E-state index in [4.69, 9.17) is 4.84 Å².